The molecule has 2 N–H and O–H groups in total. The summed E-state index contributed by atoms with van der Waals surface area (Å²) in [5.74, 6) is -0.0320. The monoisotopic (exact) mass is 330 g/mol. The van der Waals surface area contributed by atoms with Crippen LogP contribution in [0.2, 0.25) is 0 Å². The van der Waals surface area contributed by atoms with E-state index in [-0.39, 0.29) is 6.61 Å². The molecular weight excluding hydrogens is 320 g/mol. The molecule has 0 atom stereocenters. The van der Waals surface area contributed by atoms with Crippen LogP contribution in [-0.2, 0) is 6.61 Å². The predicted molar refractivity (Wildman–Crippen MR) is 78.1 cm³/mol. The maximum Gasteiger partial charge on any atom is 0.249 e. The maximum absolute atomic E-state index is 11.3. The van der Waals surface area contributed by atoms with E-state index in [0.29, 0.717) is 22.4 Å². The Labute approximate surface area is 124 Å². The first-order valence-electron chi connectivity index (χ1n) is 5.82. The van der Waals surface area contributed by atoms with Gasteiger partial charge >= 0.3 is 0 Å². The number of carbonyl (C=O) groups excluding carboxylic acids is 1. The van der Waals surface area contributed by atoms with E-state index in [2.05, 4.69) is 22.0 Å². The van der Waals surface area contributed by atoms with E-state index in [1.165, 1.54) is 0 Å². The van der Waals surface area contributed by atoms with Crippen molar-refractivity contribution in [2.24, 2.45) is 5.73 Å². The number of ether oxygens (including phenoxy) is 1. The van der Waals surface area contributed by atoms with E-state index in [4.69, 9.17) is 15.7 Å². The molecule has 1 amide bonds. The largest absolute Gasteiger partial charge is 0.487 e. The first-order chi connectivity index (χ1) is 9.61. The van der Waals surface area contributed by atoms with Crippen LogP contribution in [0.4, 0.5) is 0 Å². The summed E-state index contributed by atoms with van der Waals surface area (Å²) < 4.78 is 6.41. The van der Waals surface area contributed by atoms with Crippen LogP contribution < -0.4 is 10.5 Å². The van der Waals surface area contributed by atoms with Gasteiger partial charge in [-0.15, -0.1) is 0 Å². The Bertz CT molecular complexity index is 693. The zero-order valence-electron chi connectivity index (χ0n) is 10.5. The van der Waals surface area contributed by atoms with Crippen LogP contribution in [-0.4, -0.2) is 5.91 Å². The summed E-state index contributed by atoms with van der Waals surface area (Å²) in [6.07, 6.45) is 0. The number of carbonyl (C=O) groups is 1. The van der Waals surface area contributed by atoms with Gasteiger partial charge in [0.1, 0.15) is 18.4 Å². The van der Waals surface area contributed by atoms with E-state index in [1.54, 1.807) is 42.5 Å². The quantitative estimate of drug-likeness (QED) is 0.936. The van der Waals surface area contributed by atoms with Gasteiger partial charge in [0.25, 0.3) is 0 Å². The van der Waals surface area contributed by atoms with Gasteiger partial charge in [0.15, 0.2) is 0 Å². The van der Waals surface area contributed by atoms with Crippen molar-refractivity contribution in [3.05, 3.63) is 63.6 Å². The lowest BCUT2D eigenvalue weighted by molar-refractivity contribution is 0.0998. The summed E-state index contributed by atoms with van der Waals surface area (Å²) >= 11 is 3.30. The molecule has 2 rings (SSSR count). The van der Waals surface area contributed by atoms with Gasteiger partial charge < -0.3 is 10.5 Å². The zero-order chi connectivity index (χ0) is 14.5. The molecule has 4 nitrogen and oxygen atoms in total. The standard InChI is InChI=1S/C15H11BrN2O2/c16-12-5-6-14(11(7-12)8-17)20-9-10-3-1-2-4-13(10)15(18)19/h1-7H,9H2,(H2,18,19). The summed E-state index contributed by atoms with van der Waals surface area (Å²) in [7, 11) is 0. The molecule has 0 saturated heterocycles. The summed E-state index contributed by atoms with van der Waals surface area (Å²) in [4.78, 5) is 11.3. The number of benzene rings is 2. The second-order valence-electron chi connectivity index (χ2n) is 4.06. The molecular formula is C15H11BrN2O2. The molecule has 2 aromatic carbocycles. The Hall–Kier alpha value is -2.32. The van der Waals surface area contributed by atoms with Crippen molar-refractivity contribution in [2.45, 2.75) is 6.61 Å². The second-order valence-corrected chi connectivity index (χ2v) is 4.98. The normalized spacial score (nSPS) is 9.80. The third-order valence-electron chi connectivity index (χ3n) is 2.73. The number of primary amides is 1. The van der Waals surface area contributed by atoms with Gasteiger partial charge in [0, 0.05) is 15.6 Å². The number of nitrogens with two attached hydrogens (primary N) is 1. The minimum absolute atomic E-state index is 0.176. The lowest BCUT2D eigenvalue weighted by atomic mass is 10.1. The van der Waals surface area contributed by atoms with Crippen LogP contribution in [0.1, 0.15) is 21.5 Å². The van der Waals surface area contributed by atoms with Crippen molar-refractivity contribution in [3.8, 4) is 11.8 Å². The average Bonchev–Trinajstić information content (AvgIpc) is 2.46. The van der Waals surface area contributed by atoms with Gasteiger partial charge in [0.05, 0.1) is 5.56 Å². The van der Waals surface area contributed by atoms with Gasteiger partial charge in [-0.3, -0.25) is 4.79 Å². The molecule has 0 aliphatic rings. The first-order valence-corrected chi connectivity index (χ1v) is 6.61. The minimum atomic E-state index is -0.500. The number of halogens is 1. The van der Waals surface area contributed by atoms with E-state index in [9.17, 15) is 4.79 Å². The molecule has 0 unspecified atom stereocenters. The van der Waals surface area contributed by atoms with Crippen LogP contribution in [0.25, 0.3) is 0 Å². The third kappa shape index (κ3) is 3.16. The number of hydrogen-bond acceptors (Lipinski definition) is 3. The molecule has 0 bridgehead atoms. The fraction of sp³-hybridized carbons (Fsp3) is 0.0667. The summed E-state index contributed by atoms with van der Waals surface area (Å²) in [5, 5.41) is 9.06. The molecule has 5 heteroatoms. The molecule has 0 spiro atoms. The number of nitriles is 1. The predicted octanol–water partition coefficient (Wildman–Crippen LogP) is 3.00. The van der Waals surface area contributed by atoms with Crippen molar-refractivity contribution in [2.75, 3.05) is 0 Å². The molecule has 2 aromatic rings. The maximum atomic E-state index is 11.3. The molecule has 0 radical (unpaired) electrons. The number of rotatable bonds is 4. The molecule has 0 aromatic heterocycles. The SMILES string of the molecule is N#Cc1cc(Br)ccc1OCc1ccccc1C(N)=O. The van der Waals surface area contributed by atoms with E-state index in [1.807, 2.05) is 0 Å². The highest BCUT2D eigenvalue weighted by molar-refractivity contribution is 9.10. The van der Waals surface area contributed by atoms with Gasteiger partial charge in [0.2, 0.25) is 5.91 Å². The van der Waals surface area contributed by atoms with Gasteiger partial charge in [-0.05, 0) is 24.3 Å². The average molecular weight is 331 g/mol. The topological polar surface area (TPSA) is 76.1 Å². The van der Waals surface area contributed by atoms with Crippen molar-refractivity contribution >= 4 is 21.8 Å². The Morgan fingerprint density at radius 2 is 2.05 bits per heavy atom. The van der Waals surface area contributed by atoms with Crippen LogP contribution in [0.3, 0.4) is 0 Å². The summed E-state index contributed by atoms with van der Waals surface area (Å²) in [6, 6.07) is 14.2. The van der Waals surface area contributed by atoms with Gasteiger partial charge in [-0.1, -0.05) is 34.1 Å². The van der Waals surface area contributed by atoms with Crippen molar-refractivity contribution in [1.82, 2.24) is 0 Å². The molecule has 0 aliphatic carbocycles. The molecule has 0 saturated carbocycles. The Kier molecular flexibility index (Phi) is 4.38. The Balaban J connectivity index is 2.22. The smallest absolute Gasteiger partial charge is 0.249 e. The van der Waals surface area contributed by atoms with Crippen molar-refractivity contribution in [3.63, 3.8) is 0 Å². The first kappa shape index (κ1) is 14.1. The minimum Gasteiger partial charge on any atom is -0.487 e. The Morgan fingerprint density at radius 1 is 1.30 bits per heavy atom. The number of nitrogens with zero attached hydrogens (tertiary/aromatic N) is 1. The van der Waals surface area contributed by atoms with E-state index in [0.717, 1.165) is 4.47 Å². The summed E-state index contributed by atoms with van der Waals surface area (Å²) in [5.41, 5.74) is 6.84. The van der Waals surface area contributed by atoms with Crippen molar-refractivity contribution in [1.29, 1.82) is 5.26 Å². The van der Waals surface area contributed by atoms with Crippen LogP contribution >= 0.6 is 15.9 Å². The van der Waals surface area contributed by atoms with Crippen LogP contribution in [0.15, 0.2) is 46.9 Å². The number of amides is 1. The van der Waals surface area contributed by atoms with Crippen LogP contribution in [0, 0.1) is 11.3 Å². The molecule has 0 fully saturated rings. The molecule has 0 heterocycles. The molecule has 20 heavy (non-hydrogen) atoms. The fourth-order valence-electron chi connectivity index (χ4n) is 1.76. The van der Waals surface area contributed by atoms with Crippen molar-refractivity contribution < 1.29 is 9.53 Å². The number of hydrogen-bond donors (Lipinski definition) is 1. The lowest BCUT2D eigenvalue weighted by Gasteiger charge is -2.10. The fourth-order valence-corrected chi connectivity index (χ4v) is 2.12. The molecule has 100 valence electrons. The second kappa shape index (κ2) is 6.22. The molecule has 0 aliphatic heterocycles. The highest BCUT2D eigenvalue weighted by Crippen LogP contribution is 2.23. The highest BCUT2D eigenvalue weighted by Gasteiger charge is 2.09. The third-order valence-corrected chi connectivity index (χ3v) is 3.22. The summed E-state index contributed by atoms with van der Waals surface area (Å²) in [6.45, 7) is 0.176. The lowest BCUT2D eigenvalue weighted by Crippen LogP contribution is -2.14. The van der Waals surface area contributed by atoms with E-state index >= 15 is 0 Å². The Morgan fingerprint density at radius 3 is 2.75 bits per heavy atom. The van der Waals surface area contributed by atoms with Crippen LogP contribution in [0.5, 0.6) is 5.75 Å². The highest BCUT2D eigenvalue weighted by atomic mass is 79.9. The zero-order valence-corrected chi connectivity index (χ0v) is 12.1. The van der Waals surface area contributed by atoms with Gasteiger partial charge in [-0.25, -0.2) is 0 Å². The van der Waals surface area contributed by atoms with E-state index < -0.39 is 5.91 Å². The van der Waals surface area contributed by atoms with Gasteiger partial charge in [-0.2, -0.15) is 5.26 Å².